The third kappa shape index (κ3) is 3.66. The Morgan fingerprint density at radius 2 is 1.87 bits per heavy atom. The predicted octanol–water partition coefficient (Wildman–Crippen LogP) is 3.74. The van der Waals surface area contributed by atoms with Crippen LogP contribution in [0.1, 0.15) is 17.2 Å². The van der Waals surface area contributed by atoms with Crippen LogP contribution in [0.25, 0.3) is 0 Å². The van der Waals surface area contributed by atoms with E-state index in [-0.39, 0.29) is 18.0 Å². The van der Waals surface area contributed by atoms with Gasteiger partial charge in [0.25, 0.3) is 0 Å². The second-order valence-electron chi connectivity index (χ2n) is 3.02. The van der Waals surface area contributed by atoms with E-state index < -0.39 is 12.2 Å². The number of aryl methyl sites for hydroxylation is 1. The average molecular weight is 305 g/mol. The summed E-state index contributed by atoms with van der Waals surface area (Å²) in [6.45, 7) is 1.60. The standard InChI is InChI=1S/C9H9BrF3N.ClH/c1-5-4-6(10)2-3-7(5)8(14)9(11,12)13;/h2-4,8H,14H2,1H3;1H. The minimum atomic E-state index is -4.39. The summed E-state index contributed by atoms with van der Waals surface area (Å²) in [5.74, 6) is 0. The van der Waals surface area contributed by atoms with Gasteiger partial charge >= 0.3 is 6.18 Å². The van der Waals surface area contributed by atoms with Crippen molar-refractivity contribution >= 4 is 28.3 Å². The SMILES string of the molecule is Cc1cc(Br)ccc1C(N)C(F)(F)F.Cl. The van der Waals surface area contributed by atoms with Crippen LogP contribution in [0.5, 0.6) is 0 Å². The smallest absolute Gasteiger partial charge is 0.316 e. The molecule has 0 spiro atoms. The quantitative estimate of drug-likeness (QED) is 0.840. The van der Waals surface area contributed by atoms with E-state index in [1.807, 2.05) is 0 Å². The van der Waals surface area contributed by atoms with Gasteiger partial charge in [0.05, 0.1) is 0 Å². The molecule has 0 aliphatic heterocycles. The number of hydrogen-bond donors (Lipinski definition) is 1. The van der Waals surface area contributed by atoms with Crippen LogP contribution >= 0.6 is 28.3 Å². The summed E-state index contributed by atoms with van der Waals surface area (Å²) in [6.07, 6.45) is -4.39. The first-order chi connectivity index (χ1) is 6.32. The molecule has 0 saturated heterocycles. The lowest BCUT2D eigenvalue weighted by atomic mass is 10.0. The number of halogens is 5. The van der Waals surface area contributed by atoms with Gasteiger partial charge in [-0.2, -0.15) is 13.2 Å². The number of rotatable bonds is 1. The molecule has 0 aliphatic rings. The zero-order chi connectivity index (χ0) is 10.9. The van der Waals surface area contributed by atoms with Gasteiger partial charge in [-0.25, -0.2) is 0 Å². The lowest BCUT2D eigenvalue weighted by molar-refractivity contribution is -0.149. The maximum atomic E-state index is 12.3. The second-order valence-corrected chi connectivity index (χ2v) is 3.94. The molecule has 0 bridgehead atoms. The van der Waals surface area contributed by atoms with Crippen molar-refractivity contribution in [1.29, 1.82) is 0 Å². The van der Waals surface area contributed by atoms with E-state index in [0.29, 0.717) is 5.56 Å². The second kappa shape index (κ2) is 5.18. The minimum absolute atomic E-state index is 0. The maximum Gasteiger partial charge on any atom is 0.407 e. The zero-order valence-electron chi connectivity index (χ0n) is 7.81. The largest absolute Gasteiger partial charge is 0.407 e. The molecule has 2 N–H and O–H groups in total. The van der Waals surface area contributed by atoms with Crippen molar-refractivity contribution in [3.05, 3.63) is 33.8 Å². The predicted molar refractivity (Wildman–Crippen MR) is 59.1 cm³/mol. The first-order valence-corrected chi connectivity index (χ1v) is 4.70. The molecule has 0 fully saturated rings. The summed E-state index contributed by atoms with van der Waals surface area (Å²) < 4.78 is 37.6. The monoisotopic (exact) mass is 303 g/mol. The Balaban J connectivity index is 0.00000196. The highest BCUT2D eigenvalue weighted by molar-refractivity contribution is 9.10. The Morgan fingerprint density at radius 1 is 1.33 bits per heavy atom. The number of hydrogen-bond acceptors (Lipinski definition) is 1. The van der Waals surface area contributed by atoms with Crippen molar-refractivity contribution in [2.75, 3.05) is 0 Å². The van der Waals surface area contributed by atoms with Gasteiger partial charge in [-0.15, -0.1) is 12.4 Å². The van der Waals surface area contributed by atoms with E-state index in [1.165, 1.54) is 6.07 Å². The molecule has 15 heavy (non-hydrogen) atoms. The van der Waals surface area contributed by atoms with E-state index in [1.54, 1.807) is 19.1 Å². The van der Waals surface area contributed by atoms with Crippen molar-refractivity contribution in [3.63, 3.8) is 0 Å². The molecule has 1 rings (SSSR count). The van der Waals surface area contributed by atoms with Crippen molar-refractivity contribution < 1.29 is 13.2 Å². The topological polar surface area (TPSA) is 26.0 Å². The molecule has 86 valence electrons. The van der Waals surface area contributed by atoms with Crippen LogP contribution in [0.2, 0.25) is 0 Å². The number of alkyl halides is 3. The summed E-state index contributed by atoms with van der Waals surface area (Å²) >= 11 is 3.17. The Labute approximate surface area is 100 Å². The molecule has 1 nitrogen and oxygen atoms in total. The molecule has 1 aromatic rings. The van der Waals surface area contributed by atoms with E-state index in [4.69, 9.17) is 5.73 Å². The maximum absolute atomic E-state index is 12.3. The zero-order valence-corrected chi connectivity index (χ0v) is 10.2. The first kappa shape index (κ1) is 14.7. The molecule has 0 amide bonds. The van der Waals surface area contributed by atoms with E-state index in [0.717, 1.165) is 4.47 Å². The fourth-order valence-corrected chi connectivity index (χ4v) is 1.64. The summed E-state index contributed by atoms with van der Waals surface area (Å²) in [5.41, 5.74) is 5.73. The highest BCUT2D eigenvalue weighted by atomic mass is 79.9. The molecule has 0 aliphatic carbocycles. The first-order valence-electron chi connectivity index (χ1n) is 3.90. The van der Waals surface area contributed by atoms with Crippen LogP contribution in [0, 0.1) is 6.92 Å². The normalized spacial score (nSPS) is 13.2. The fourth-order valence-electron chi connectivity index (χ4n) is 1.16. The fraction of sp³-hybridized carbons (Fsp3) is 0.333. The van der Waals surface area contributed by atoms with Crippen LogP contribution in [-0.4, -0.2) is 6.18 Å². The molecule has 1 atom stereocenters. The Morgan fingerprint density at radius 3 is 2.27 bits per heavy atom. The summed E-state index contributed by atoms with van der Waals surface area (Å²) in [6, 6.07) is 2.64. The van der Waals surface area contributed by atoms with Crippen LogP contribution in [-0.2, 0) is 0 Å². The molecule has 0 radical (unpaired) electrons. The summed E-state index contributed by atoms with van der Waals surface area (Å²) in [7, 11) is 0. The van der Waals surface area contributed by atoms with Crippen LogP contribution < -0.4 is 5.73 Å². The van der Waals surface area contributed by atoms with E-state index in [9.17, 15) is 13.2 Å². The highest BCUT2D eigenvalue weighted by Gasteiger charge is 2.38. The van der Waals surface area contributed by atoms with Gasteiger partial charge in [0.1, 0.15) is 6.04 Å². The molecular formula is C9H10BrClF3N. The number of benzene rings is 1. The van der Waals surface area contributed by atoms with Crippen molar-refractivity contribution in [3.8, 4) is 0 Å². The summed E-state index contributed by atoms with van der Waals surface area (Å²) in [5, 5.41) is 0. The lowest BCUT2D eigenvalue weighted by Gasteiger charge is -2.17. The Hall–Kier alpha value is -0.260. The molecular weight excluding hydrogens is 294 g/mol. The van der Waals surface area contributed by atoms with Gasteiger partial charge in [-0.3, -0.25) is 0 Å². The Kier molecular flexibility index (Phi) is 5.09. The molecule has 1 aromatic carbocycles. The van der Waals surface area contributed by atoms with Gasteiger partial charge in [0, 0.05) is 4.47 Å². The molecule has 1 unspecified atom stereocenters. The van der Waals surface area contributed by atoms with Crippen molar-refractivity contribution in [2.45, 2.75) is 19.1 Å². The lowest BCUT2D eigenvalue weighted by Crippen LogP contribution is -2.29. The average Bonchev–Trinajstić information content (AvgIpc) is 2.01. The molecule has 0 saturated carbocycles. The third-order valence-electron chi connectivity index (χ3n) is 1.92. The van der Waals surface area contributed by atoms with Gasteiger partial charge in [-0.1, -0.05) is 22.0 Å². The Bertz CT molecular complexity index is 341. The van der Waals surface area contributed by atoms with Gasteiger partial charge in [-0.05, 0) is 30.2 Å². The van der Waals surface area contributed by atoms with Gasteiger partial charge in [0.2, 0.25) is 0 Å². The highest BCUT2D eigenvalue weighted by Crippen LogP contribution is 2.32. The van der Waals surface area contributed by atoms with Gasteiger partial charge in [0.15, 0.2) is 0 Å². The minimum Gasteiger partial charge on any atom is -0.316 e. The summed E-state index contributed by atoms with van der Waals surface area (Å²) in [4.78, 5) is 0. The van der Waals surface area contributed by atoms with E-state index >= 15 is 0 Å². The van der Waals surface area contributed by atoms with Crippen LogP contribution in [0.4, 0.5) is 13.2 Å². The van der Waals surface area contributed by atoms with Crippen molar-refractivity contribution in [1.82, 2.24) is 0 Å². The molecule has 6 heteroatoms. The molecule has 0 heterocycles. The van der Waals surface area contributed by atoms with Crippen LogP contribution in [0.3, 0.4) is 0 Å². The van der Waals surface area contributed by atoms with Crippen LogP contribution in [0.15, 0.2) is 22.7 Å². The molecule has 0 aromatic heterocycles. The number of nitrogens with two attached hydrogens (primary N) is 1. The van der Waals surface area contributed by atoms with Crippen molar-refractivity contribution in [2.24, 2.45) is 5.73 Å². The van der Waals surface area contributed by atoms with E-state index in [2.05, 4.69) is 15.9 Å². The van der Waals surface area contributed by atoms with Gasteiger partial charge < -0.3 is 5.73 Å². The third-order valence-corrected chi connectivity index (χ3v) is 2.41.